The maximum Gasteiger partial charge on any atom is 0.251 e. The predicted molar refractivity (Wildman–Crippen MR) is 121 cm³/mol. The van der Waals surface area contributed by atoms with Gasteiger partial charge in [0.15, 0.2) is 16.8 Å². The third-order valence-corrected chi connectivity index (χ3v) is 6.10. The van der Waals surface area contributed by atoms with Crippen LogP contribution in [0.2, 0.25) is 0 Å². The minimum absolute atomic E-state index is 0.0586. The predicted octanol–water partition coefficient (Wildman–Crippen LogP) is 4.31. The lowest BCUT2D eigenvalue weighted by atomic mass is 10.1. The summed E-state index contributed by atoms with van der Waals surface area (Å²) < 4.78 is 29.0. The van der Waals surface area contributed by atoms with Gasteiger partial charge in [0.2, 0.25) is 5.91 Å². The molecule has 0 unspecified atom stereocenters. The number of benzene rings is 2. The highest BCUT2D eigenvalue weighted by Gasteiger charge is 2.17. The van der Waals surface area contributed by atoms with Crippen LogP contribution in [0.5, 0.6) is 0 Å². The molecule has 0 saturated heterocycles. The molecule has 3 aromatic rings. The number of hydrogen-bond donors (Lipinski definition) is 2. The molecule has 0 aliphatic rings. The number of aryl methyl sites for hydroxylation is 1. The summed E-state index contributed by atoms with van der Waals surface area (Å²) >= 11 is 4.16. The van der Waals surface area contributed by atoms with Crippen LogP contribution >= 0.6 is 27.7 Å². The van der Waals surface area contributed by atoms with Crippen molar-refractivity contribution in [2.24, 2.45) is 0 Å². The first-order valence-corrected chi connectivity index (χ1v) is 11.4. The summed E-state index contributed by atoms with van der Waals surface area (Å²) in [6, 6.07) is 9.03. The van der Waals surface area contributed by atoms with Gasteiger partial charge >= 0.3 is 0 Å². The fourth-order valence-corrected chi connectivity index (χ4v) is 4.25. The smallest absolute Gasteiger partial charge is 0.251 e. The van der Waals surface area contributed by atoms with Crippen LogP contribution in [0.3, 0.4) is 0 Å². The first-order chi connectivity index (χ1) is 15.3. The number of rotatable bonds is 8. The number of anilines is 1. The Morgan fingerprint density at radius 1 is 1.19 bits per heavy atom. The topological polar surface area (TPSA) is 88.9 Å². The van der Waals surface area contributed by atoms with Crippen molar-refractivity contribution < 1.29 is 18.4 Å². The highest BCUT2D eigenvalue weighted by atomic mass is 79.9. The normalized spacial score (nSPS) is 10.8. The van der Waals surface area contributed by atoms with Crippen LogP contribution in [0.25, 0.3) is 0 Å². The van der Waals surface area contributed by atoms with E-state index in [-0.39, 0.29) is 28.4 Å². The summed E-state index contributed by atoms with van der Waals surface area (Å²) in [6.45, 7) is 4.46. The first-order valence-electron chi connectivity index (χ1n) is 9.63. The number of nitrogens with one attached hydrogen (secondary N) is 2. The largest absolute Gasteiger partial charge is 0.345 e. The molecule has 0 spiro atoms. The summed E-state index contributed by atoms with van der Waals surface area (Å²) in [7, 11) is 0. The molecule has 0 fully saturated rings. The van der Waals surface area contributed by atoms with Gasteiger partial charge in [-0.2, -0.15) is 0 Å². The van der Waals surface area contributed by atoms with Gasteiger partial charge in [-0.15, -0.1) is 10.2 Å². The van der Waals surface area contributed by atoms with Crippen molar-refractivity contribution in [3.05, 3.63) is 69.5 Å². The van der Waals surface area contributed by atoms with E-state index in [1.165, 1.54) is 0 Å². The van der Waals surface area contributed by atoms with Crippen molar-refractivity contribution >= 4 is 45.2 Å². The number of aromatic nitrogens is 3. The third kappa shape index (κ3) is 5.71. The SMILES string of the molecule is CCn1c(CNC(=O)c2ccccc2C)nnc1SCC(=O)Nc1c(F)cc(F)cc1Br. The van der Waals surface area contributed by atoms with Crippen LogP contribution in [0, 0.1) is 18.6 Å². The van der Waals surface area contributed by atoms with Crippen LogP contribution in [0.1, 0.15) is 28.7 Å². The molecule has 0 atom stereocenters. The van der Waals surface area contributed by atoms with E-state index in [1.54, 1.807) is 16.7 Å². The third-order valence-electron chi connectivity index (χ3n) is 4.51. The summed E-state index contributed by atoms with van der Waals surface area (Å²) in [5.41, 5.74) is 1.32. The second-order valence-corrected chi connectivity index (χ2v) is 8.52. The first kappa shape index (κ1) is 23.9. The van der Waals surface area contributed by atoms with Gasteiger partial charge in [-0.3, -0.25) is 9.59 Å². The zero-order chi connectivity index (χ0) is 23.3. The molecule has 2 aromatic carbocycles. The highest BCUT2D eigenvalue weighted by molar-refractivity contribution is 9.10. The Morgan fingerprint density at radius 2 is 1.94 bits per heavy atom. The fraction of sp³-hybridized carbons (Fsp3) is 0.238. The molecule has 0 aliphatic heterocycles. The van der Waals surface area contributed by atoms with E-state index in [4.69, 9.17) is 0 Å². The van der Waals surface area contributed by atoms with E-state index in [9.17, 15) is 18.4 Å². The molecule has 168 valence electrons. The quantitative estimate of drug-likeness (QED) is 0.429. The zero-order valence-corrected chi connectivity index (χ0v) is 19.7. The minimum Gasteiger partial charge on any atom is -0.345 e. The van der Waals surface area contributed by atoms with Gasteiger partial charge < -0.3 is 15.2 Å². The second kappa shape index (κ2) is 10.7. The highest BCUT2D eigenvalue weighted by Crippen LogP contribution is 2.27. The Kier molecular flexibility index (Phi) is 7.97. The van der Waals surface area contributed by atoms with Crippen molar-refractivity contribution in [3.63, 3.8) is 0 Å². The lowest BCUT2D eigenvalue weighted by molar-refractivity contribution is -0.113. The molecule has 0 aliphatic carbocycles. The molecule has 0 saturated carbocycles. The Morgan fingerprint density at radius 3 is 2.62 bits per heavy atom. The summed E-state index contributed by atoms with van der Waals surface area (Å²) in [5.74, 6) is -1.84. The average Bonchev–Trinajstić information content (AvgIpc) is 3.15. The Labute approximate surface area is 196 Å². The number of nitrogens with zero attached hydrogens (tertiary/aromatic N) is 3. The van der Waals surface area contributed by atoms with Gasteiger partial charge in [0, 0.05) is 22.6 Å². The molecule has 2 N–H and O–H groups in total. The molecule has 1 heterocycles. The molecule has 0 radical (unpaired) electrons. The monoisotopic (exact) mass is 523 g/mol. The molecular weight excluding hydrogens is 504 g/mol. The fourth-order valence-electron chi connectivity index (χ4n) is 2.92. The summed E-state index contributed by atoms with van der Waals surface area (Å²) in [4.78, 5) is 24.7. The maximum absolute atomic E-state index is 13.9. The summed E-state index contributed by atoms with van der Waals surface area (Å²) in [5, 5.41) is 13.9. The zero-order valence-electron chi connectivity index (χ0n) is 17.3. The van der Waals surface area contributed by atoms with E-state index < -0.39 is 17.5 Å². The standard InChI is InChI=1S/C21H20BrF2N5O2S/c1-3-29-17(10-25-20(31)14-7-5-4-6-12(14)2)27-28-21(29)32-11-18(30)26-19-15(22)8-13(23)9-16(19)24/h4-9H,3,10-11H2,1-2H3,(H,25,31)(H,26,30). The van der Waals surface area contributed by atoms with Gasteiger partial charge in [-0.05, 0) is 47.5 Å². The van der Waals surface area contributed by atoms with Crippen LogP contribution in [-0.2, 0) is 17.9 Å². The van der Waals surface area contributed by atoms with Gasteiger partial charge in [-0.1, -0.05) is 30.0 Å². The molecule has 2 amide bonds. The van der Waals surface area contributed by atoms with Crippen LogP contribution < -0.4 is 10.6 Å². The van der Waals surface area contributed by atoms with Crippen molar-refractivity contribution in [1.29, 1.82) is 0 Å². The summed E-state index contributed by atoms with van der Waals surface area (Å²) in [6.07, 6.45) is 0. The van der Waals surface area contributed by atoms with Gasteiger partial charge in [0.1, 0.15) is 5.82 Å². The maximum atomic E-state index is 13.9. The number of amides is 2. The van der Waals surface area contributed by atoms with Crippen molar-refractivity contribution in [2.45, 2.75) is 32.1 Å². The number of carbonyl (C=O) groups is 2. The van der Waals surface area contributed by atoms with Crippen molar-refractivity contribution in [3.8, 4) is 0 Å². The Bertz CT molecular complexity index is 1130. The molecule has 1 aromatic heterocycles. The van der Waals surface area contributed by atoms with Gasteiger partial charge in [-0.25, -0.2) is 8.78 Å². The van der Waals surface area contributed by atoms with E-state index in [0.717, 1.165) is 23.4 Å². The van der Waals surface area contributed by atoms with E-state index in [0.29, 0.717) is 29.2 Å². The molecule has 3 rings (SSSR count). The Balaban J connectivity index is 1.61. The Hall–Kier alpha value is -2.79. The molecule has 11 heteroatoms. The number of halogens is 3. The second-order valence-electron chi connectivity index (χ2n) is 6.72. The number of hydrogen-bond acceptors (Lipinski definition) is 5. The molecular formula is C21H20BrF2N5O2S. The van der Waals surface area contributed by atoms with Crippen LogP contribution in [0.4, 0.5) is 14.5 Å². The molecule has 7 nitrogen and oxygen atoms in total. The average molecular weight is 524 g/mol. The van der Waals surface area contributed by atoms with Gasteiger partial charge in [0.25, 0.3) is 5.91 Å². The van der Waals surface area contributed by atoms with Crippen LogP contribution in [-0.4, -0.2) is 32.3 Å². The van der Waals surface area contributed by atoms with Crippen LogP contribution in [0.15, 0.2) is 46.0 Å². The van der Waals surface area contributed by atoms with E-state index in [1.807, 2.05) is 26.0 Å². The molecule has 0 bridgehead atoms. The van der Waals surface area contributed by atoms with Crippen molar-refractivity contribution in [2.75, 3.05) is 11.1 Å². The van der Waals surface area contributed by atoms with Gasteiger partial charge in [0.05, 0.1) is 18.0 Å². The van der Waals surface area contributed by atoms with Crippen molar-refractivity contribution in [1.82, 2.24) is 20.1 Å². The number of carbonyl (C=O) groups excluding carboxylic acids is 2. The minimum atomic E-state index is -0.876. The lowest BCUT2D eigenvalue weighted by Crippen LogP contribution is -2.25. The van der Waals surface area contributed by atoms with E-state index in [2.05, 4.69) is 36.8 Å². The lowest BCUT2D eigenvalue weighted by Gasteiger charge is -2.10. The number of thioether (sulfide) groups is 1. The molecule has 32 heavy (non-hydrogen) atoms. The van der Waals surface area contributed by atoms with E-state index >= 15 is 0 Å².